The van der Waals surface area contributed by atoms with Gasteiger partial charge in [-0.2, -0.15) is 4.31 Å². The summed E-state index contributed by atoms with van der Waals surface area (Å²) in [7, 11) is -3.59. The minimum absolute atomic E-state index is 0.166. The van der Waals surface area contributed by atoms with Crippen molar-refractivity contribution in [3.63, 3.8) is 0 Å². The van der Waals surface area contributed by atoms with Crippen molar-refractivity contribution in [3.8, 4) is 5.75 Å². The van der Waals surface area contributed by atoms with Crippen molar-refractivity contribution in [3.05, 3.63) is 59.9 Å². The first-order chi connectivity index (χ1) is 14.5. The Balaban J connectivity index is 1.42. The van der Waals surface area contributed by atoms with Crippen LogP contribution in [0.3, 0.4) is 0 Å². The molecule has 2 atom stereocenters. The molecule has 2 aromatic carbocycles. The maximum absolute atomic E-state index is 13.6. The Bertz CT molecular complexity index is 1010. The molecule has 3 aliphatic rings. The fraction of sp³-hybridized carbons (Fsp3) is 0.478. The van der Waals surface area contributed by atoms with Crippen LogP contribution in [-0.4, -0.2) is 49.4 Å². The van der Waals surface area contributed by atoms with E-state index in [4.69, 9.17) is 4.74 Å². The number of para-hydroxylation sites is 1. The van der Waals surface area contributed by atoms with Crippen molar-refractivity contribution in [2.24, 2.45) is 5.92 Å². The zero-order chi connectivity index (χ0) is 20.7. The smallest absolute Gasteiger partial charge is 0.247 e. The zero-order valence-corrected chi connectivity index (χ0v) is 17.7. The highest BCUT2D eigenvalue weighted by atomic mass is 32.2. The zero-order valence-electron chi connectivity index (χ0n) is 16.9. The largest absolute Gasteiger partial charge is 0.487 e. The van der Waals surface area contributed by atoms with Crippen LogP contribution >= 0.6 is 0 Å². The van der Waals surface area contributed by atoms with E-state index in [-0.39, 0.29) is 18.0 Å². The Morgan fingerprint density at radius 2 is 1.70 bits per heavy atom. The molecule has 0 bridgehead atoms. The number of benzene rings is 2. The lowest BCUT2D eigenvalue weighted by molar-refractivity contribution is 0.111. The summed E-state index contributed by atoms with van der Waals surface area (Å²) in [4.78, 5) is 2.61. The molecule has 0 spiro atoms. The Hall–Kier alpha value is -1.96. The van der Waals surface area contributed by atoms with Crippen molar-refractivity contribution in [2.75, 3.05) is 19.6 Å². The molecule has 0 unspecified atom stereocenters. The molecule has 1 aliphatic carbocycles. The van der Waals surface area contributed by atoms with Gasteiger partial charge in [0, 0.05) is 26.2 Å². The number of rotatable bonds is 4. The third kappa shape index (κ3) is 3.98. The van der Waals surface area contributed by atoms with Crippen LogP contribution < -0.4 is 4.74 Å². The van der Waals surface area contributed by atoms with Crippen LogP contribution in [0.15, 0.2) is 53.4 Å². The van der Waals surface area contributed by atoms with Crippen molar-refractivity contribution < 1.29 is 17.5 Å². The Labute approximate surface area is 177 Å². The second-order valence-corrected chi connectivity index (χ2v) is 10.5. The molecule has 2 heterocycles. The van der Waals surface area contributed by atoms with Gasteiger partial charge in [0.05, 0.1) is 6.04 Å². The molecule has 7 heteroatoms. The Morgan fingerprint density at radius 3 is 2.47 bits per heavy atom. The first-order valence-electron chi connectivity index (χ1n) is 10.7. The van der Waals surface area contributed by atoms with E-state index in [2.05, 4.69) is 4.90 Å². The van der Waals surface area contributed by atoms with E-state index < -0.39 is 10.0 Å². The average Bonchev–Trinajstić information content (AvgIpc) is 3.57. The number of likely N-dealkylation sites (tertiary alicyclic amines) is 1. The summed E-state index contributed by atoms with van der Waals surface area (Å²) in [5.41, 5.74) is 1.06. The van der Waals surface area contributed by atoms with Crippen LogP contribution in [0, 0.1) is 11.7 Å². The van der Waals surface area contributed by atoms with Gasteiger partial charge in [0.15, 0.2) is 0 Å². The predicted molar refractivity (Wildman–Crippen MR) is 112 cm³/mol. The summed E-state index contributed by atoms with van der Waals surface area (Å²) in [5, 5.41) is 0. The van der Waals surface area contributed by atoms with Gasteiger partial charge in [-0.05, 0) is 61.4 Å². The number of halogens is 1. The molecule has 5 nitrogen and oxygen atoms in total. The van der Waals surface area contributed by atoms with E-state index in [0.29, 0.717) is 23.1 Å². The van der Waals surface area contributed by atoms with Crippen LogP contribution in [0.4, 0.5) is 4.39 Å². The highest BCUT2D eigenvalue weighted by molar-refractivity contribution is 7.89. The molecule has 2 aliphatic heterocycles. The van der Waals surface area contributed by atoms with Crippen LogP contribution in [0.2, 0.25) is 0 Å². The number of ether oxygens (including phenoxy) is 1. The maximum atomic E-state index is 13.6. The molecule has 2 fully saturated rings. The average molecular weight is 431 g/mol. The second kappa shape index (κ2) is 7.94. The second-order valence-electron chi connectivity index (χ2n) is 8.67. The molecular weight excluding hydrogens is 403 g/mol. The number of hydrogen-bond donors (Lipinski definition) is 0. The van der Waals surface area contributed by atoms with E-state index in [1.54, 1.807) is 22.5 Å². The van der Waals surface area contributed by atoms with Gasteiger partial charge in [0.2, 0.25) is 10.0 Å². The Kier molecular flexibility index (Phi) is 5.29. The van der Waals surface area contributed by atoms with Gasteiger partial charge in [-0.3, -0.25) is 4.90 Å². The third-order valence-corrected chi connectivity index (χ3v) is 8.37. The molecule has 0 aromatic heterocycles. The Morgan fingerprint density at radius 1 is 0.967 bits per heavy atom. The van der Waals surface area contributed by atoms with Crippen LogP contribution in [-0.2, 0) is 16.6 Å². The van der Waals surface area contributed by atoms with Crippen LogP contribution in [0.25, 0.3) is 0 Å². The first-order valence-corrected chi connectivity index (χ1v) is 12.2. The highest BCUT2D eigenvalue weighted by Crippen LogP contribution is 2.39. The highest BCUT2D eigenvalue weighted by Gasteiger charge is 2.45. The van der Waals surface area contributed by atoms with E-state index in [1.807, 2.05) is 18.2 Å². The molecule has 0 N–H and O–H groups in total. The summed E-state index contributed by atoms with van der Waals surface area (Å²) in [6, 6.07) is 13.5. The van der Waals surface area contributed by atoms with Crippen molar-refractivity contribution >= 4 is 10.0 Å². The van der Waals surface area contributed by atoms with E-state index >= 15 is 0 Å². The third-order valence-electron chi connectivity index (χ3n) is 6.44. The fourth-order valence-corrected chi connectivity index (χ4v) is 6.48. The standard InChI is InChI=1S/C23H27FN2O3S/c24-19-9-7-17(8-10-19)15-25-13-11-20-21(12-14-25)29-22-3-1-2-4-23(22)30(27,28)26(20)16-18-5-6-18/h1-4,7-10,18,20-21H,5-6,11-16H2/t20-,21-/m1/s1. The molecule has 0 amide bonds. The summed E-state index contributed by atoms with van der Waals surface area (Å²) in [6.45, 7) is 2.91. The van der Waals surface area contributed by atoms with Gasteiger partial charge in [0.25, 0.3) is 0 Å². The number of fused-ring (bicyclic) bond motifs is 2. The van der Waals surface area contributed by atoms with Crippen LogP contribution in [0.5, 0.6) is 5.75 Å². The van der Waals surface area contributed by atoms with Gasteiger partial charge in [-0.15, -0.1) is 0 Å². The summed E-state index contributed by atoms with van der Waals surface area (Å²) in [6.07, 6.45) is 3.52. The summed E-state index contributed by atoms with van der Waals surface area (Å²) < 4.78 is 48.4. The monoisotopic (exact) mass is 430 g/mol. The maximum Gasteiger partial charge on any atom is 0.247 e. The van der Waals surface area contributed by atoms with Gasteiger partial charge >= 0.3 is 0 Å². The molecular formula is C23H27FN2O3S. The molecule has 30 heavy (non-hydrogen) atoms. The topological polar surface area (TPSA) is 49.9 Å². The first kappa shape index (κ1) is 20.0. The SMILES string of the molecule is O=S1(=O)c2ccccc2O[C@@H]2CCN(Cc3ccc(F)cc3)CC[C@H]2N1CC1CC1. The van der Waals surface area contributed by atoms with E-state index in [1.165, 1.54) is 12.1 Å². The molecule has 2 aromatic rings. The van der Waals surface area contributed by atoms with Crippen molar-refractivity contribution in [2.45, 2.75) is 49.3 Å². The fourth-order valence-electron chi connectivity index (χ4n) is 4.60. The van der Waals surface area contributed by atoms with Crippen LogP contribution in [0.1, 0.15) is 31.2 Å². The number of sulfonamides is 1. The predicted octanol–water partition coefficient (Wildman–Crippen LogP) is 3.65. The molecule has 0 radical (unpaired) electrons. The van der Waals surface area contributed by atoms with E-state index in [9.17, 15) is 12.8 Å². The van der Waals surface area contributed by atoms with Crippen molar-refractivity contribution in [1.29, 1.82) is 0 Å². The minimum Gasteiger partial charge on any atom is -0.487 e. The number of hydrogen-bond acceptors (Lipinski definition) is 4. The molecule has 160 valence electrons. The molecule has 1 saturated heterocycles. The van der Waals surface area contributed by atoms with Gasteiger partial charge < -0.3 is 4.74 Å². The summed E-state index contributed by atoms with van der Waals surface area (Å²) >= 11 is 0. The molecule has 1 saturated carbocycles. The minimum atomic E-state index is -3.59. The number of nitrogens with zero attached hydrogens (tertiary/aromatic N) is 2. The lowest BCUT2D eigenvalue weighted by Crippen LogP contribution is -2.48. The van der Waals surface area contributed by atoms with Crippen molar-refractivity contribution in [1.82, 2.24) is 9.21 Å². The quantitative estimate of drug-likeness (QED) is 0.743. The summed E-state index contributed by atoms with van der Waals surface area (Å²) in [5.74, 6) is 0.701. The van der Waals surface area contributed by atoms with Gasteiger partial charge in [0.1, 0.15) is 22.6 Å². The van der Waals surface area contributed by atoms with Gasteiger partial charge in [-0.25, -0.2) is 12.8 Å². The lowest BCUT2D eigenvalue weighted by Gasteiger charge is -2.31. The van der Waals surface area contributed by atoms with E-state index in [0.717, 1.165) is 50.9 Å². The molecule has 5 rings (SSSR count). The lowest BCUT2D eigenvalue weighted by atomic mass is 10.1. The normalized spacial score (nSPS) is 26.7. The van der Waals surface area contributed by atoms with Gasteiger partial charge in [-0.1, -0.05) is 24.3 Å².